The van der Waals surface area contributed by atoms with E-state index in [0.29, 0.717) is 44.0 Å². The molecule has 7 nitrogen and oxygen atoms in total. The molecule has 1 aromatic carbocycles. The smallest absolute Gasteiger partial charge is 0.303 e. The van der Waals surface area contributed by atoms with Crippen molar-refractivity contribution >= 4 is 21.9 Å². The summed E-state index contributed by atoms with van der Waals surface area (Å²) in [5, 5.41) is 8.86. The lowest BCUT2D eigenvalue weighted by molar-refractivity contribution is -0.138. The number of benzene rings is 1. The van der Waals surface area contributed by atoms with Crippen molar-refractivity contribution in [1.82, 2.24) is 9.62 Å². The van der Waals surface area contributed by atoms with Crippen LogP contribution in [0.4, 0.5) is 0 Å². The zero-order valence-electron chi connectivity index (χ0n) is 14.6. The zero-order valence-corrected chi connectivity index (χ0v) is 15.4. The second kappa shape index (κ2) is 7.75. The van der Waals surface area contributed by atoms with Crippen molar-refractivity contribution in [2.24, 2.45) is 11.8 Å². The van der Waals surface area contributed by atoms with Gasteiger partial charge in [-0.1, -0.05) is 6.07 Å². The molecule has 1 heterocycles. The molecule has 1 saturated heterocycles. The molecule has 1 aliphatic heterocycles. The van der Waals surface area contributed by atoms with Gasteiger partial charge in [-0.3, -0.25) is 9.59 Å². The number of carbonyl (C=O) groups is 2. The summed E-state index contributed by atoms with van der Waals surface area (Å²) in [5.74, 6) is -0.499. The van der Waals surface area contributed by atoms with E-state index in [-0.39, 0.29) is 23.1 Å². The third-order valence-corrected chi connectivity index (χ3v) is 6.44. The van der Waals surface area contributed by atoms with Crippen LogP contribution >= 0.6 is 0 Å². The fourth-order valence-electron chi connectivity index (χ4n) is 3.20. The molecule has 0 atom stereocenters. The van der Waals surface area contributed by atoms with Gasteiger partial charge in [-0.2, -0.15) is 0 Å². The fourth-order valence-corrected chi connectivity index (χ4v) is 4.36. The number of likely N-dealkylation sites (tertiary alicyclic amines) is 1. The Kier molecular flexibility index (Phi) is 5.62. The summed E-state index contributed by atoms with van der Waals surface area (Å²) in [6, 6.07) is 6.10. The van der Waals surface area contributed by atoms with Crippen molar-refractivity contribution in [2.75, 3.05) is 19.6 Å². The van der Waals surface area contributed by atoms with Crippen molar-refractivity contribution in [3.05, 3.63) is 29.8 Å². The number of piperidine rings is 1. The van der Waals surface area contributed by atoms with Crippen LogP contribution < -0.4 is 4.72 Å². The summed E-state index contributed by atoms with van der Waals surface area (Å²) < 4.78 is 27.3. The number of carboxylic acids is 1. The Labute approximate surface area is 153 Å². The van der Waals surface area contributed by atoms with E-state index >= 15 is 0 Å². The van der Waals surface area contributed by atoms with Crippen LogP contribution in [-0.2, 0) is 14.8 Å². The normalized spacial score (nSPS) is 18.7. The first-order valence-corrected chi connectivity index (χ1v) is 10.4. The average Bonchev–Trinajstić information content (AvgIpc) is 3.44. The van der Waals surface area contributed by atoms with Crippen molar-refractivity contribution in [1.29, 1.82) is 0 Å². The summed E-state index contributed by atoms with van der Waals surface area (Å²) in [6.45, 7) is 1.43. The third-order valence-electron chi connectivity index (χ3n) is 5.02. The molecule has 1 aliphatic carbocycles. The highest BCUT2D eigenvalue weighted by atomic mass is 32.2. The van der Waals surface area contributed by atoms with Crippen LogP contribution in [0.15, 0.2) is 29.2 Å². The van der Waals surface area contributed by atoms with E-state index in [2.05, 4.69) is 4.72 Å². The molecule has 0 radical (unpaired) electrons. The van der Waals surface area contributed by atoms with E-state index in [1.165, 1.54) is 12.1 Å². The number of carbonyl (C=O) groups excluding carboxylic acids is 1. The SMILES string of the molecule is O=C(O)CC1CCN(C(=O)c2cccc(S(=O)(=O)NCC3CC3)c2)CC1. The van der Waals surface area contributed by atoms with Gasteiger partial charge in [0.15, 0.2) is 0 Å². The number of nitrogens with zero attached hydrogens (tertiary/aromatic N) is 1. The molecule has 0 unspecified atom stereocenters. The highest BCUT2D eigenvalue weighted by molar-refractivity contribution is 7.89. The standard InChI is InChI=1S/C18H24N2O5S/c21-17(22)10-13-6-8-20(9-7-13)18(23)15-2-1-3-16(11-15)26(24,25)19-12-14-4-5-14/h1-3,11,13-14,19H,4-10,12H2,(H,21,22). The Morgan fingerprint density at radius 2 is 1.81 bits per heavy atom. The van der Waals surface area contributed by atoms with Gasteiger partial charge < -0.3 is 10.0 Å². The molecule has 2 N–H and O–H groups in total. The van der Waals surface area contributed by atoms with E-state index < -0.39 is 16.0 Å². The quantitative estimate of drug-likeness (QED) is 0.749. The first kappa shape index (κ1) is 18.8. The van der Waals surface area contributed by atoms with Gasteiger partial charge in [-0.05, 0) is 55.7 Å². The van der Waals surface area contributed by atoms with Crippen molar-refractivity contribution in [3.63, 3.8) is 0 Å². The number of carboxylic acid groups (broad SMARTS) is 1. The molecule has 1 aromatic rings. The van der Waals surface area contributed by atoms with Crippen LogP contribution in [0.1, 0.15) is 42.5 Å². The molecule has 142 valence electrons. The van der Waals surface area contributed by atoms with E-state index in [4.69, 9.17) is 5.11 Å². The molecular formula is C18H24N2O5S. The van der Waals surface area contributed by atoms with E-state index in [1.54, 1.807) is 17.0 Å². The van der Waals surface area contributed by atoms with Gasteiger partial charge in [0.1, 0.15) is 0 Å². The second-order valence-corrected chi connectivity index (χ2v) is 8.92. The summed E-state index contributed by atoms with van der Waals surface area (Å²) in [4.78, 5) is 25.2. The number of nitrogens with one attached hydrogen (secondary N) is 1. The summed E-state index contributed by atoms with van der Waals surface area (Å²) >= 11 is 0. The van der Waals surface area contributed by atoms with Gasteiger partial charge in [0.2, 0.25) is 10.0 Å². The van der Waals surface area contributed by atoms with E-state index in [0.717, 1.165) is 12.8 Å². The first-order valence-electron chi connectivity index (χ1n) is 8.96. The number of hydrogen-bond donors (Lipinski definition) is 2. The Balaban J connectivity index is 1.64. The molecule has 26 heavy (non-hydrogen) atoms. The average molecular weight is 380 g/mol. The second-order valence-electron chi connectivity index (χ2n) is 7.16. The third kappa shape index (κ3) is 4.82. The largest absolute Gasteiger partial charge is 0.481 e. The minimum Gasteiger partial charge on any atom is -0.481 e. The number of amides is 1. The molecule has 1 amide bonds. The summed E-state index contributed by atoms with van der Waals surface area (Å²) in [5.41, 5.74) is 0.344. The number of rotatable bonds is 7. The highest BCUT2D eigenvalue weighted by Crippen LogP contribution is 2.28. The molecular weight excluding hydrogens is 356 g/mol. The lowest BCUT2D eigenvalue weighted by atomic mass is 9.93. The fraction of sp³-hybridized carbons (Fsp3) is 0.556. The molecule has 3 rings (SSSR count). The van der Waals surface area contributed by atoms with E-state index in [9.17, 15) is 18.0 Å². The zero-order chi connectivity index (χ0) is 18.7. The van der Waals surface area contributed by atoms with Gasteiger partial charge in [0.25, 0.3) is 5.91 Å². The Morgan fingerprint density at radius 3 is 2.42 bits per heavy atom. The van der Waals surface area contributed by atoms with E-state index in [1.807, 2.05) is 0 Å². The van der Waals surface area contributed by atoms with Gasteiger partial charge >= 0.3 is 5.97 Å². The summed E-state index contributed by atoms with van der Waals surface area (Å²) in [6.07, 6.45) is 3.54. The summed E-state index contributed by atoms with van der Waals surface area (Å²) in [7, 11) is -3.61. The molecule has 2 fully saturated rings. The van der Waals surface area contributed by atoms with Gasteiger partial charge in [-0.15, -0.1) is 0 Å². The Morgan fingerprint density at radius 1 is 1.12 bits per heavy atom. The highest BCUT2D eigenvalue weighted by Gasteiger charge is 2.27. The monoisotopic (exact) mass is 380 g/mol. The van der Waals surface area contributed by atoms with Crippen molar-refractivity contribution in [3.8, 4) is 0 Å². The van der Waals surface area contributed by atoms with Crippen LogP contribution in [-0.4, -0.2) is 49.9 Å². The molecule has 0 spiro atoms. The minimum absolute atomic E-state index is 0.0925. The predicted octanol–water partition coefficient (Wildman–Crippen LogP) is 1.70. The Bertz CT molecular complexity index is 781. The molecule has 1 saturated carbocycles. The van der Waals surface area contributed by atoms with Crippen molar-refractivity contribution in [2.45, 2.75) is 37.0 Å². The molecule has 2 aliphatic rings. The molecule has 0 bridgehead atoms. The van der Waals surface area contributed by atoms with Crippen LogP contribution in [0, 0.1) is 11.8 Å². The van der Waals surface area contributed by atoms with Crippen LogP contribution in [0.5, 0.6) is 0 Å². The lowest BCUT2D eigenvalue weighted by Gasteiger charge is -2.31. The maximum absolute atomic E-state index is 12.7. The first-order chi connectivity index (χ1) is 12.3. The number of aliphatic carboxylic acids is 1. The van der Waals surface area contributed by atoms with Gasteiger partial charge in [-0.25, -0.2) is 13.1 Å². The van der Waals surface area contributed by atoms with Crippen molar-refractivity contribution < 1.29 is 23.1 Å². The van der Waals surface area contributed by atoms with Crippen LogP contribution in [0.3, 0.4) is 0 Å². The van der Waals surface area contributed by atoms with Gasteiger partial charge in [0, 0.05) is 31.6 Å². The maximum atomic E-state index is 12.7. The maximum Gasteiger partial charge on any atom is 0.303 e. The Hall–Kier alpha value is -1.93. The lowest BCUT2D eigenvalue weighted by Crippen LogP contribution is -2.39. The number of sulfonamides is 1. The van der Waals surface area contributed by atoms with Crippen LogP contribution in [0.2, 0.25) is 0 Å². The topological polar surface area (TPSA) is 104 Å². The molecule has 8 heteroatoms. The molecule has 0 aromatic heterocycles. The predicted molar refractivity (Wildman–Crippen MR) is 95.2 cm³/mol. The number of hydrogen-bond acceptors (Lipinski definition) is 4. The minimum atomic E-state index is -3.61. The van der Waals surface area contributed by atoms with Crippen LogP contribution in [0.25, 0.3) is 0 Å². The van der Waals surface area contributed by atoms with Gasteiger partial charge in [0.05, 0.1) is 4.90 Å².